The van der Waals surface area contributed by atoms with Crippen LogP contribution in [0.5, 0.6) is 0 Å². The lowest BCUT2D eigenvalue weighted by Crippen LogP contribution is -2.31. The van der Waals surface area contributed by atoms with Gasteiger partial charge in [-0.05, 0) is 66.7 Å². The van der Waals surface area contributed by atoms with E-state index >= 15 is 0 Å². The van der Waals surface area contributed by atoms with E-state index in [4.69, 9.17) is 16.6 Å². The van der Waals surface area contributed by atoms with Crippen molar-refractivity contribution < 1.29 is 0 Å². The molecular weight excluding hydrogens is 316 g/mol. The van der Waals surface area contributed by atoms with Crippen molar-refractivity contribution in [2.24, 2.45) is 5.92 Å². The molecular formula is C21H25ClN2. The van der Waals surface area contributed by atoms with E-state index < -0.39 is 0 Å². The summed E-state index contributed by atoms with van der Waals surface area (Å²) in [6.45, 7) is 6.19. The molecule has 1 saturated heterocycles. The van der Waals surface area contributed by atoms with Crippen molar-refractivity contribution in [3.8, 4) is 0 Å². The van der Waals surface area contributed by atoms with E-state index in [1.807, 2.05) is 32.2 Å². The van der Waals surface area contributed by atoms with Gasteiger partial charge in [-0.2, -0.15) is 0 Å². The summed E-state index contributed by atoms with van der Waals surface area (Å²) >= 11 is 6.22. The van der Waals surface area contributed by atoms with E-state index in [0.717, 1.165) is 18.1 Å². The van der Waals surface area contributed by atoms with Crippen LogP contribution in [0.3, 0.4) is 0 Å². The molecule has 1 fully saturated rings. The predicted octanol–water partition coefficient (Wildman–Crippen LogP) is 5.38. The summed E-state index contributed by atoms with van der Waals surface area (Å²) in [5.74, 6) is 0.996. The first-order valence-corrected chi connectivity index (χ1v) is 9.34. The zero-order valence-corrected chi connectivity index (χ0v) is 15.2. The van der Waals surface area contributed by atoms with Gasteiger partial charge in [-0.15, -0.1) is 0 Å². The zero-order valence-electron chi connectivity index (χ0n) is 14.4. The van der Waals surface area contributed by atoms with Gasteiger partial charge < -0.3 is 5.32 Å². The van der Waals surface area contributed by atoms with Gasteiger partial charge in [0.15, 0.2) is 0 Å². The van der Waals surface area contributed by atoms with Crippen molar-refractivity contribution >= 4 is 23.8 Å². The van der Waals surface area contributed by atoms with Crippen molar-refractivity contribution in [1.82, 2.24) is 10.3 Å². The average molecular weight is 341 g/mol. The van der Waals surface area contributed by atoms with Gasteiger partial charge in [0.05, 0.1) is 5.69 Å². The second-order valence-corrected chi connectivity index (χ2v) is 6.59. The molecule has 0 spiro atoms. The van der Waals surface area contributed by atoms with Crippen molar-refractivity contribution in [1.29, 1.82) is 0 Å². The highest BCUT2D eigenvalue weighted by Gasteiger charge is 2.31. The van der Waals surface area contributed by atoms with E-state index in [-0.39, 0.29) is 0 Å². The third-order valence-electron chi connectivity index (χ3n) is 4.85. The fraction of sp³-hybridized carbons (Fsp3) is 0.381. The molecule has 24 heavy (non-hydrogen) atoms. The van der Waals surface area contributed by atoms with Gasteiger partial charge in [-0.1, -0.05) is 49.7 Å². The Morgan fingerprint density at radius 2 is 1.79 bits per heavy atom. The van der Waals surface area contributed by atoms with Crippen molar-refractivity contribution in [2.45, 2.75) is 32.6 Å². The minimum Gasteiger partial charge on any atom is -0.317 e. The van der Waals surface area contributed by atoms with Crippen LogP contribution >= 0.6 is 11.6 Å². The maximum atomic E-state index is 6.22. The molecule has 1 atom stereocenters. The number of nitrogens with zero attached hydrogens (tertiary/aromatic N) is 1. The van der Waals surface area contributed by atoms with E-state index in [1.165, 1.54) is 35.2 Å². The zero-order chi connectivity index (χ0) is 16.9. The van der Waals surface area contributed by atoms with Crippen molar-refractivity contribution in [2.75, 3.05) is 13.1 Å². The van der Waals surface area contributed by atoms with Crippen LogP contribution in [0.1, 0.15) is 55.0 Å². The monoisotopic (exact) mass is 340 g/mol. The highest BCUT2D eigenvalue weighted by Crippen LogP contribution is 2.41. The molecule has 126 valence electrons. The van der Waals surface area contributed by atoms with Crippen LogP contribution in [0.4, 0.5) is 0 Å². The summed E-state index contributed by atoms with van der Waals surface area (Å²) in [5, 5.41) is 4.27. The smallest absolute Gasteiger partial charge is 0.0553 e. The number of rotatable bonds is 1. The fourth-order valence-corrected chi connectivity index (χ4v) is 3.97. The van der Waals surface area contributed by atoms with E-state index in [9.17, 15) is 0 Å². The van der Waals surface area contributed by atoms with Gasteiger partial charge in [-0.25, -0.2) is 0 Å². The number of pyridine rings is 1. The first-order valence-electron chi connectivity index (χ1n) is 8.96. The standard InChI is InChI=1S/C19H19ClN2.C2H6/c20-16-5-6-17-15(12-16)4-3-14-2-1-9-22-19(14)18(17)13-7-10-21-11-8-13;1-2/h1-6,9,12-13,18,21H,7-8,10-11H2;1-2H3. The summed E-state index contributed by atoms with van der Waals surface area (Å²) in [5.41, 5.74) is 5.05. The molecule has 1 aromatic carbocycles. The number of hydrogen-bond acceptors (Lipinski definition) is 2. The highest BCUT2D eigenvalue weighted by molar-refractivity contribution is 6.30. The summed E-state index contributed by atoms with van der Waals surface area (Å²) in [4.78, 5) is 4.75. The Bertz CT molecular complexity index is 718. The molecule has 2 aliphatic rings. The lowest BCUT2D eigenvalue weighted by Gasteiger charge is -2.31. The van der Waals surface area contributed by atoms with Gasteiger partial charge in [0, 0.05) is 17.1 Å². The molecule has 0 radical (unpaired) electrons. The number of hydrogen-bond donors (Lipinski definition) is 1. The molecule has 0 saturated carbocycles. The van der Waals surface area contributed by atoms with Crippen molar-refractivity contribution in [3.05, 3.63) is 63.9 Å². The molecule has 1 N–H and O–H groups in total. The predicted molar refractivity (Wildman–Crippen MR) is 103 cm³/mol. The lowest BCUT2D eigenvalue weighted by atomic mass is 9.76. The van der Waals surface area contributed by atoms with Crippen LogP contribution in [-0.4, -0.2) is 18.1 Å². The van der Waals surface area contributed by atoms with Crippen LogP contribution in [-0.2, 0) is 0 Å². The van der Waals surface area contributed by atoms with Crippen LogP contribution in [0.25, 0.3) is 12.2 Å². The Hall–Kier alpha value is -1.64. The minimum absolute atomic E-state index is 0.362. The van der Waals surface area contributed by atoms with E-state index in [1.54, 1.807) is 0 Å². The maximum absolute atomic E-state index is 6.22. The van der Waals surface area contributed by atoms with Crippen LogP contribution in [0, 0.1) is 5.92 Å². The number of halogens is 1. The number of piperidine rings is 1. The summed E-state index contributed by atoms with van der Waals surface area (Å²) in [6.07, 6.45) is 8.68. The Kier molecular flexibility index (Phi) is 5.70. The van der Waals surface area contributed by atoms with Gasteiger partial charge in [0.2, 0.25) is 0 Å². The van der Waals surface area contributed by atoms with Gasteiger partial charge >= 0.3 is 0 Å². The normalized spacial score (nSPS) is 19.5. The molecule has 2 nitrogen and oxygen atoms in total. The average Bonchev–Trinajstić information content (AvgIpc) is 2.81. The Balaban J connectivity index is 0.000000815. The number of benzene rings is 1. The quantitative estimate of drug-likeness (QED) is 0.754. The molecule has 1 aliphatic carbocycles. The van der Waals surface area contributed by atoms with Crippen LogP contribution in [0.15, 0.2) is 36.5 Å². The molecule has 2 aromatic rings. The summed E-state index contributed by atoms with van der Waals surface area (Å²) < 4.78 is 0. The number of fused-ring (bicyclic) bond motifs is 2. The van der Waals surface area contributed by atoms with Gasteiger partial charge in [0.25, 0.3) is 0 Å². The molecule has 0 amide bonds. The summed E-state index contributed by atoms with van der Waals surface area (Å²) in [7, 11) is 0. The molecule has 4 rings (SSSR count). The topological polar surface area (TPSA) is 24.9 Å². The number of aromatic nitrogens is 1. The molecule has 1 aromatic heterocycles. The Morgan fingerprint density at radius 3 is 2.58 bits per heavy atom. The van der Waals surface area contributed by atoms with Crippen LogP contribution < -0.4 is 5.32 Å². The first kappa shape index (κ1) is 17.2. The largest absolute Gasteiger partial charge is 0.317 e. The summed E-state index contributed by atoms with van der Waals surface area (Å²) in [6, 6.07) is 10.5. The molecule has 0 bridgehead atoms. The highest BCUT2D eigenvalue weighted by atomic mass is 35.5. The Morgan fingerprint density at radius 1 is 1.04 bits per heavy atom. The minimum atomic E-state index is 0.362. The molecule has 1 aliphatic heterocycles. The lowest BCUT2D eigenvalue weighted by molar-refractivity contribution is 0.339. The third kappa shape index (κ3) is 3.40. The molecule has 3 heteroatoms. The first-order chi connectivity index (χ1) is 11.8. The van der Waals surface area contributed by atoms with Crippen molar-refractivity contribution in [3.63, 3.8) is 0 Å². The number of nitrogens with one attached hydrogen (secondary N) is 1. The second kappa shape index (κ2) is 7.96. The van der Waals surface area contributed by atoms with Crippen LogP contribution in [0.2, 0.25) is 5.02 Å². The van der Waals surface area contributed by atoms with E-state index in [2.05, 4.69) is 35.7 Å². The van der Waals surface area contributed by atoms with E-state index in [0.29, 0.717) is 11.8 Å². The van der Waals surface area contributed by atoms with Gasteiger partial charge in [-0.3, -0.25) is 4.98 Å². The molecule has 2 heterocycles. The fourth-order valence-electron chi connectivity index (χ4n) is 3.79. The second-order valence-electron chi connectivity index (χ2n) is 6.15. The maximum Gasteiger partial charge on any atom is 0.0553 e. The van der Waals surface area contributed by atoms with Gasteiger partial charge in [0.1, 0.15) is 0 Å². The third-order valence-corrected chi connectivity index (χ3v) is 5.08. The molecule has 1 unspecified atom stereocenters. The SMILES string of the molecule is CC.Clc1ccc2c(c1)C=Cc1cccnc1C2C1CCNCC1. The Labute approximate surface area is 150 Å².